The van der Waals surface area contributed by atoms with Crippen molar-refractivity contribution in [3.8, 4) is 0 Å². The lowest BCUT2D eigenvalue weighted by atomic mass is 10.1. The van der Waals surface area contributed by atoms with Gasteiger partial charge in [0.1, 0.15) is 0 Å². The van der Waals surface area contributed by atoms with Crippen LogP contribution in [-0.4, -0.2) is 55.0 Å². The molecule has 3 heterocycles. The molecule has 30 heavy (non-hydrogen) atoms. The quantitative estimate of drug-likeness (QED) is 0.481. The molecule has 1 atom stereocenters. The molecule has 0 saturated heterocycles. The first-order valence-corrected chi connectivity index (χ1v) is 9.46. The van der Waals surface area contributed by atoms with Gasteiger partial charge >= 0.3 is 11.9 Å². The van der Waals surface area contributed by atoms with Crippen LogP contribution in [0.4, 0.5) is 0 Å². The minimum absolute atomic E-state index is 0.187. The number of carbonyl (C=O) groups excluding carboxylic acids is 3. The first kappa shape index (κ1) is 21.2. The SMILES string of the molecule is CCOC(=O)c1c(C)[nH]c(C(=O)[C@@H](C)OC(=O)c2nc3nc(C)cc(C)n3n2)c1C. The molecule has 0 bridgehead atoms. The van der Waals surface area contributed by atoms with E-state index >= 15 is 0 Å². The second kappa shape index (κ2) is 8.05. The molecule has 0 unspecified atom stereocenters. The number of nitrogens with zero attached hydrogens (tertiary/aromatic N) is 4. The lowest BCUT2D eigenvalue weighted by Crippen LogP contribution is -2.26. The maximum atomic E-state index is 12.8. The van der Waals surface area contributed by atoms with E-state index in [1.165, 1.54) is 11.4 Å². The maximum absolute atomic E-state index is 12.8. The first-order chi connectivity index (χ1) is 14.1. The number of hydrogen-bond donors (Lipinski definition) is 1. The van der Waals surface area contributed by atoms with Crippen LogP contribution in [0.25, 0.3) is 5.78 Å². The normalized spacial score (nSPS) is 12.1. The molecule has 10 heteroatoms. The Labute approximate surface area is 172 Å². The van der Waals surface area contributed by atoms with Crippen molar-refractivity contribution in [2.45, 2.75) is 47.6 Å². The Balaban J connectivity index is 1.81. The number of fused-ring (bicyclic) bond motifs is 1. The van der Waals surface area contributed by atoms with Gasteiger partial charge in [-0.2, -0.15) is 4.98 Å². The van der Waals surface area contributed by atoms with E-state index in [0.29, 0.717) is 16.8 Å². The Kier molecular flexibility index (Phi) is 5.68. The Hall–Kier alpha value is -3.56. The third-order valence-corrected chi connectivity index (χ3v) is 4.62. The standard InChI is InChI=1S/C20H23N5O5/c1-7-29-18(27)14-11(4)15(22-12(14)5)16(26)13(6)30-19(28)17-23-20-21-9(2)8-10(3)25(20)24-17/h8,13,22H,7H2,1-6H3/t13-/m1/s1. The van der Waals surface area contributed by atoms with Gasteiger partial charge in [-0.05, 0) is 53.2 Å². The molecule has 0 amide bonds. The van der Waals surface area contributed by atoms with Gasteiger partial charge < -0.3 is 14.5 Å². The van der Waals surface area contributed by atoms with Crippen LogP contribution in [0, 0.1) is 27.7 Å². The number of Topliss-reactive ketones (excluding diaryl/α,β-unsaturated/α-hetero) is 1. The molecule has 0 saturated carbocycles. The smallest absolute Gasteiger partial charge is 0.379 e. The number of ether oxygens (including phenoxy) is 2. The van der Waals surface area contributed by atoms with Crippen LogP contribution < -0.4 is 0 Å². The summed E-state index contributed by atoms with van der Waals surface area (Å²) in [4.78, 5) is 48.6. The van der Waals surface area contributed by atoms with Crippen molar-refractivity contribution < 1.29 is 23.9 Å². The molecule has 3 aromatic rings. The largest absolute Gasteiger partial charge is 0.462 e. The number of hydrogen-bond acceptors (Lipinski definition) is 8. The van der Waals surface area contributed by atoms with Crippen molar-refractivity contribution in [1.82, 2.24) is 24.6 Å². The molecule has 0 aromatic carbocycles. The van der Waals surface area contributed by atoms with Gasteiger partial charge in [-0.25, -0.2) is 19.1 Å². The molecule has 10 nitrogen and oxygen atoms in total. The first-order valence-electron chi connectivity index (χ1n) is 9.46. The van der Waals surface area contributed by atoms with Crippen molar-refractivity contribution in [2.75, 3.05) is 6.61 Å². The summed E-state index contributed by atoms with van der Waals surface area (Å²) in [6, 6.07) is 1.81. The molecular weight excluding hydrogens is 390 g/mol. The van der Waals surface area contributed by atoms with Crippen molar-refractivity contribution in [3.05, 3.63) is 45.8 Å². The van der Waals surface area contributed by atoms with E-state index in [0.717, 1.165) is 11.4 Å². The summed E-state index contributed by atoms with van der Waals surface area (Å²) in [5, 5.41) is 4.11. The monoisotopic (exact) mass is 413 g/mol. The molecule has 0 radical (unpaired) electrons. The van der Waals surface area contributed by atoms with Crippen LogP contribution in [0.3, 0.4) is 0 Å². The van der Waals surface area contributed by atoms with E-state index in [1.807, 2.05) is 13.8 Å². The molecular formula is C20H23N5O5. The second-order valence-corrected chi connectivity index (χ2v) is 6.94. The average molecular weight is 413 g/mol. The summed E-state index contributed by atoms with van der Waals surface area (Å²) in [5.41, 5.74) is 2.94. The number of aromatic amines is 1. The highest BCUT2D eigenvalue weighted by molar-refractivity contribution is 6.04. The van der Waals surface area contributed by atoms with E-state index in [4.69, 9.17) is 9.47 Å². The zero-order valence-corrected chi connectivity index (χ0v) is 17.7. The molecule has 158 valence electrons. The Morgan fingerprint density at radius 1 is 1.13 bits per heavy atom. The molecule has 0 aliphatic rings. The minimum atomic E-state index is -1.12. The molecule has 3 rings (SSSR count). The highest BCUT2D eigenvalue weighted by Crippen LogP contribution is 2.21. The van der Waals surface area contributed by atoms with Gasteiger partial charge in [0.15, 0.2) is 6.10 Å². The second-order valence-electron chi connectivity index (χ2n) is 6.94. The molecule has 1 N–H and O–H groups in total. The summed E-state index contributed by atoms with van der Waals surface area (Å²) in [5.74, 6) is -1.76. The number of carbonyl (C=O) groups is 3. The fraction of sp³-hybridized carbons (Fsp3) is 0.400. The molecule has 0 spiro atoms. The Morgan fingerprint density at radius 3 is 2.50 bits per heavy atom. The van der Waals surface area contributed by atoms with Gasteiger partial charge in [-0.3, -0.25) is 4.79 Å². The molecule has 3 aromatic heterocycles. The van der Waals surface area contributed by atoms with Gasteiger partial charge in [0.05, 0.1) is 17.9 Å². The zero-order valence-electron chi connectivity index (χ0n) is 17.7. The van der Waals surface area contributed by atoms with Crippen LogP contribution in [0.2, 0.25) is 0 Å². The Morgan fingerprint density at radius 2 is 1.83 bits per heavy atom. The highest BCUT2D eigenvalue weighted by atomic mass is 16.5. The lowest BCUT2D eigenvalue weighted by Gasteiger charge is -2.10. The van der Waals surface area contributed by atoms with Crippen LogP contribution in [0.5, 0.6) is 0 Å². The van der Waals surface area contributed by atoms with Crippen LogP contribution in [0.15, 0.2) is 6.07 Å². The number of rotatable bonds is 6. The number of nitrogens with one attached hydrogen (secondary N) is 1. The predicted octanol–water partition coefficient (Wildman–Crippen LogP) is 2.29. The number of aryl methyl sites for hydroxylation is 3. The molecule has 0 aliphatic carbocycles. The fourth-order valence-corrected chi connectivity index (χ4v) is 3.23. The van der Waals surface area contributed by atoms with Crippen LogP contribution in [-0.2, 0) is 9.47 Å². The van der Waals surface area contributed by atoms with E-state index in [1.54, 1.807) is 26.8 Å². The summed E-state index contributed by atoms with van der Waals surface area (Å²) in [6.07, 6.45) is -1.12. The summed E-state index contributed by atoms with van der Waals surface area (Å²) < 4.78 is 11.7. The van der Waals surface area contributed by atoms with Gasteiger partial charge in [0, 0.05) is 17.1 Å². The Bertz CT molecular complexity index is 1160. The molecule has 0 aliphatic heterocycles. The van der Waals surface area contributed by atoms with E-state index in [9.17, 15) is 14.4 Å². The highest BCUT2D eigenvalue weighted by Gasteiger charge is 2.29. The summed E-state index contributed by atoms with van der Waals surface area (Å²) in [7, 11) is 0. The van der Waals surface area contributed by atoms with Crippen LogP contribution in [0.1, 0.15) is 68.0 Å². The fourth-order valence-electron chi connectivity index (χ4n) is 3.23. The van der Waals surface area contributed by atoms with E-state index in [2.05, 4.69) is 20.1 Å². The van der Waals surface area contributed by atoms with Crippen molar-refractivity contribution in [1.29, 1.82) is 0 Å². The van der Waals surface area contributed by atoms with Crippen molar-refractivity contribution in [2.24, 2.45) is 0 Å². The maximum Gasteiger partial charge on any atom is 0.379 e. The minimum Gasteiger partial charge on any atom is -0.462 e. The van der Waals surface area contributed by atoms with Gasteiger partial charge in [-0.1, -0.05) is 0 Å². The lowest BCUT2D eigenvalue weighted by molar-refractivity contribution is 0.0305. The van der Waals surface area contributed by atoms with Gasteiger partial charge in [-0.15, -0.1) is 5.10 Å². The van der Waals surface area contributed by atoms with Gasteiger partial charge in [0.25, 0.3) is 11.6 Å². The summed E-state index contributed by atoms with van der Waals surface area (Å²) >= 11 is 0. The zero-order chi connectivity index (χ0) is 22.2. The third kappa shape index (κ3) is 3.80. The number of H-pyrrole nitrogens is 1. The topological polar surface area (TPSA) is 129 Å². The predicted molar refractivity (Wildman–Crippen MR) is 106 cm³/mol. The molecule has 0 fully saturated rings. The third-order valence-electron chi connectivity index (χ3n) is 4.62. The van der Waals surface area contributed by atoms with E-state index in [-0.39, 0.29) is 23.9 Å². The number of ketones is 1. The van der Waals surface area contributed by atoms with Crippen molar-refractivity contribution >= 4 is 23.5 Å². The van der Waals surface area contributed by atoms with Crippen LogP contribution >= 0.6 is 0 Å². The number of aromatic nitrogens is 5. The van der Waals surface area contributed by atoms with Crippen molar-refractivity contribution in [3.63, 3.8) is 0 Å². The van der Waals surface area contributed by atoms with E-state index < -0.39 is 23.8 Å². The summed E-state index contributed by atoms with van der Waals surface area (Å²) in [6.45, 7) is 10.3. The number of esters is 2. The average Bonchev–Trinajstić information content (AvgIpc) is 3.22. The van der Waals surface area contributed by atoms with Gasteiger partial charge in [0.2, 0.25) is 5.78 Å².